The second kappa shape index (κ2) is 5.95. The maximum atomic E-state index is 13.0. The van der Waals surface area contributed by atoms with Crippen molar-refractivity contribution in [3.63, 3.8) is 0 Å². The quantitative estimate of drug-likeness (QED) is 0.631. The van der Waals surface area contributed by atoms with Crippen molar-refractivity contribution in [2.45, 2.75) is 6.92 Å². The molecule has 0 radical (unpaired) electrons. The third-order valence-corrected chi connectivity index (χ3v) is 4.83. The van der Waals surface area contributed by atoms with Crippen molar-refractivity contribution in [3.8, 4) is 0 Å². The number of hydrogen-bond acceptors (Lipinski definition) is 4. The number of benzene rings is 2. The van der Waals surface area contributed by atoms with Crippen LogP contribution in [0.15, 0.2) is 59.7 Å². The number of carbonyl (C=O) groups excluding carboxylic acids is 2. The van der Waals surface area contributed by atoms with Gasteiger partial charge in [-0.1, -0.05) is 36.4 Å². The molecule has 0 atom stereocenters. The first-order chi connectivity index (χ1) is 12.5. The predicted molar refractivity (Wildman–Crippen MR) is 104 cm³/mol. The molecule has 2 aromatic rings. The summed E-state index contributed by atoms with van der Waals surface area (Å²) in [6.45, 7) is 1.83. The third-order valence-electron chi connectivity index (χ3n) is 4.83. The van der Waals surface area contributed by atoms with E-state index in [0.717, 1.165) is 16.1 Å². The van der Waals surface area contributed by atoms with E-state index in [1.807, 2.05) is 68.4 Å². The Morgan fingerprint density at radius 3 is 2.31 bits per heavy atom. The molecule has 2 aromatic carbocycles. The normalized spacial score (nSPS) is 16.9. The van der Waals surface area contributed by atoms with E-state index in [4.69, 9.17) is 0 Å². The van der Waals surface area contributed by atoms with Crippen molar-refractivity contribution in [2.24, 2.45) is 11.0 Å². The van der Waals surface area contributed by atoms with Crippen LogP contribution in [0.3, 0.4) is 0 Å². The fourth-order valence-electron chi connectivity index (χ4n) is 3.48. The van der Waals surface area contributed by atoms with Gasteiger partial charge in [-0.2, -0.15) is 10.1 Å². The van der Waals surface area contributed by atoms with Crippen molar-refractivity contribution >= 4 is 34.0 Å². The molecule has 0 N–H and O–H groups in total. The van der Waals surface area contributed by atoms with Crippen LogP contribution in [-0.4, -0.2) is 36.6 Å². The SMILES string of the molecule is C/C(=N\N1C(=O)c2cccc3c(N(C)C)ccc(c23)C1=O)C1C=CC=C1. The smallest absolute Gasteiger partial charge is 0.282 e. The van der Waals surface area contributed by atoms with E-state index >= 15 is 0 Å². The van der Waals surface area contributed by atoms with Gasteiger partial charge in [-0.25, -0.2) is 0 Å². The minimum absolute atomic E-state index is 0.0175. The van der Waals surface area contributed by atoms with Gasteiger partial charge < -0.3 is 4.90 Å². The lowest BCUT2D eigenvalue weighted by Gasteiger charge is -2.26. The molecule has 0 bridgehead atoms. The Hall–Kier alpha value is -3.21. The molecule has 1 aliphatic heterocycles. The zero-order valence-electron chi connectivity index (χ0n) is 14.9. The highest BCUT2D eigenvalue weighted by atomic mass is 16.2. The zero-order chi connectivity index (χ0) is 18.4. The number of imide groups is 1. The van der Waals surface area contributed by atoms with Crippen molar-refractivity contribution in [2.75, 3.05) is 19.0 Å². The van der Waals surface area contributed by atoms with E-state index in [1.54, 1.807) is 12.1 Å². The number of anilines is 1. The standard InChI is InChI=1S/C21H19N3O2/c1-13(14-7-4-5-8-14)22-24-20(25)16-10-6-9-15-18(23(2)3)12-11-17(19(15)16)21(24)26/h4-12,14H,1-3H3/b22-13+. The van der Waals surface area contributed by atoms with Crippen LogP contribution in [0, 0.1) is 5.92 Å². The minimum Gasteiger partial charge on any atom is -0.377 e. The van der Waals surface area contributed by atoms with Gasteiger partial charge in [0.25, 0.3) is 11.8 Å². The van der Waals surface area contributed by atoms with Gasteiger partial charge in [-0.3, -0.25) is 9.59 Å². The van der Waals surface area contributed by atoms with Crippen molar-refractivity contribution in [1.29, 1.82) is 0 Å². The second-order valence-electron chi connectivity index (χ2n) is 6.71. The van der Waals surface area contributed by atoms with Crippen molar-refractivity contribution in [1.82, 2.24) is 5.01 Å². The lowest BCUT2D eigenvalue weighted by atomic mass is 9.93. The third kappa shape index (κ3) is 2.36. The van der Waals surface area contributed by atoms with Gasteiger partial charge in [0.15, 0.2) is 0 Å². The van der Waals surface area contributed by atoms with Gasteiger partial charge in [-0.05, 0) is 25.1 Å². The summed E-state index contributed by atoms with van der Waals surface area (Å²) in [6, 6.07) is 9.23. The van der Waals surface area contributed by atoms with Crippen molar-refractivity contribution in [3.05, 3.63) is 65.8 Å². The molecule has 0 aromatic heterocycles. The summed E-state index contributed by atoms with van der Waals surface area (Å²) in [5.74, 6) is -0.743. The topological polar surface area (TPSA) is 53.0 Å². The molecule has 0 saturated heterocycles. The molecule has 0 spiro atoms. The van der Waals surface area contributed by atoms with Gasteiger partial charge in [0.05, 0.1) is 11.1 Å². The Morgan fingerprint density at radius 1 is 1.00 bits per heavy atom. The number of carbonyl (C=O) groups is 2. The van der Waals surface area contributed by atoms with E-state index in [9.17, 15) is 9.59 Å². The highest BCUT2D eigenvalue weighted by Gasteiger charge is 2.34. The van der Waals surface area contributed by atoms with Crippen LogP contribution in [0.2, 0.25) is 0 Å². The summed E-state index contributed by atoms with van der Waals surface area (Å²) >= 11 is 0. The summed E-state index contributed by atoms with van der Waals surface area (Å²) in [4.78, 5) is 28.0. The van der Waals surface area contributed by atoms with Gasteiger partial charge in [0.1, 0.15) is 0 Å². The molecule has 130 valence electrons. The average Bonchev–Trinajstić information content (AvgIpc) is 3.17. The number of amides is 2. The Labute approximate surface area is 151 Å². The van der Waals surface area contributed by atoms with Crippen LogP contribution < -0.4 is 4.90 Å². The van der Waals surface area contributed by atoms with Crippen LogP contribution >= 0.6 is 0 Å². The molecule has 0 unspecified atom stereocenters. The molecule has 5 heteroatoms. The fraction of sp³-hybridized carbons (Fsp3) is 0.190. The Bertz CT molecular complexity index is 997. The monoisotopic (exact) mass is 345 g/mol. The first-order valence-electron chi connectivity index (χ1n) is 8.51. The Kier molecular flexibility index (Phi) is 3.72. The van der Waals surface area contributed by atoms with Gasteiger partial charge in [-0.15, -0.1) is 0 Å². The molecule has 2 aliphatic rings. The summed E-state index contributed by atoms with van der Waals surface area (Å²) in [6.07, 6.45) is 7.83. The number of hydrazone groups is 1. The second-order valence-corrected chi connectivity index (χ2v) is 6.71. The summed E-state index contributed by atoms with van der Waals surface area (Å²) in [7, 11) is 3.89. The van der Waals surface area contributed by atoms with Gasteiger partial charge in [0.2, 0.25) is 0 Å². The molecule has 0 saturated carbocycles. The largest absolute Gasteiger partial charge is 0.377 e. The molecule has 5 nitrogen and oxygen atoms in total. The van der Waals surface area contributed by atoms with E-state index in [2.05, 4.69) is 5.10 Å². The fourth-order valence-corrected chi connectivity index (χ4v) is 3.48. The average molecular weight is 345 g/mol. The molecule has 26 heavy (non-hydrogen) atoms. The molecular weight excluding hydrogens is 326 g/mol. The van der Waals surface area contributed by atoms with E-state index in [0.29, 0.717) is 22.2 Å². The molecule has 1 aliphatic carbocycles. The predicted octanol–water partition coefficient (Wildman–Crippen LogP) is 3.62. The first kappa shape index (κ1) is 16.3. The van der Waals surface area contributed by atoms with Crippen LogP contribution in [0.5, 0.6) is 0 Å². The van der Waals surface area contributed by atoms with Crippen LogP contribution in [0.4, 0.5) is 5.69 Å². The number of allylic oxidation sites excluding steroid dienone is 4. The minimum atomic E-state index is -0.380. The number of rotatable bonds is 3. The summed E-state index contributed by atoms with van der Waals surface area (Å²) in [5.41, 5.74) is 2.70. The van der Waals surface area contributed by atoms with E-state index < -0.39 is 0 Å². The van der Waals surface area contributed by atoms with Crippen LogP contribution in [0.1, 0.15) is 27.6 Å². The highest BCUT2D eigenvalue weighted by molar-refractivity contribution is 6.26. The summed E-state index contributed by atoms with van der Waals surface area (Å²) in [5, 5.41) is 6.97. The van der Waals surface area contributed by atoms with Gasteiger partial charge >= 0.3 is 0 Å². The maximum absolute atomic E-state index is 13.0. The molecule has 1 heterocycles. The Morgan fingerprint density at radius 2 is 1.65 bits per heavy atom. The molecule has 2 amide bonds. The lowest BCUT2D eigenvalue weighted by molar-refractivity contribution is 0.0614. The Balaban J connectivity index is 1.87. The zero-order valence-corrected chi connectivity index (χ0v) is 14.9. The number of nitrogens with zero attached hydrogens (tertiary/aromatic N) is 3. The molecule has 4 rings (SSSR count). The van der Waals surface area contributed by atoms with E-state index in [1.165, 1.54) is 0 Å². The molecular formula is C21H19N3O2. The van der Waals surface area contributed by atoms with Crippen molar-refractivity contribution < 1.29 is 9.59 Å². The molecule has 0 fully saturated rings. The highest BCUT2D eigenvalue weighted by Crippen LogP contribution is 2.35. The van der Waals surface area contributed by atoms with Crippen LogP contribution in [-0.2, 0) is 0 Å². The first-order valence-corrected chi connectivity index (χ1v) is 8.51. The number of hydrogen-bond donors (Lipinski definition) is 0. The van der Waals surface area contributed by atoms with Gasteiger partial charge in [0, 0.05) is 42.2 Å². The lowest BCUT2D eigenvalue weighted by Crippen LogP contribution is -2.37. The van der Waals surface area contributed by atoms with Crippen LogP contribution in [0.25, 0.3) is 10.8 Å². The summed E-state index contributed by atoms with van der Waals surface area (Å²) < 4.78 is 0. The van der Waals surface area contributed by atoms with E-state index in [-0.39, 0.29) is 17.7 Å². The maximum Gasteiger partial charge on any atom is 0.282 e.